The van der Waals surface area contributed by atoms with Crippen LogP contribution < -0.4 is 16.4 Å². The molecule has 6 N–H and O–H groups in total. The Morgan fingerprint density at radius 3 is 2.31 bits per heavy atom. The predicted molar refractivity (Wildman–Crippen MR) is 127 cm³/mol. The molecule has 10 heteroatoms. The molecule has 3 atom stereocenters. The zero-order chi connectivity index (χ0) is 25.4. The molecule has 0 aliphatic carbocycles. The van der Waals surface area contributed by atoms with Crippen LogP contribution in [0.4, 0.5) is 0 Å². The van der Waals surface area contributed by atoms with Crippen molar-refractivity contribution in [3.8, 4) is 5.75 Å². The van der Waals surface area contributed by atoms with Gasteiger partial charge >= 0.3 is 5.97 Å². The Morgan fingerprint density at radius 2 is 1.66 bits per heavy atom. The number of rotatable bonds is 10. The van der Waals surface area contributed by atoms with E-state index < -0.39 is 41.8 Å². The van der Waals surface area contributed by atoms with Crippen molar-refractivity contribution in [3.05, 3.63) is 65.7 Å². The summed E-state index contributed by atoms with van der Waals surface area (Å²) in [5.74, 6) is -2.62. The smallest absolute Gasteiger partial charge is 0.326 e. The molecule has 0 radical (unpaired) electrons. The van der Waals surface area contributed by atoms with Crippen LogP contribution in [0.1, 0.15) is 24.0 Å². The van der Waals surface area contributed by atoms with Gasteiger partial charge in [0.2, 0.25) is 17.7 Å². The number of carbonyl (C=O) groups is 4. The molecule has 0 aromatic heterocycles. The van der Waals surface area contributed by atoms with Gasteiger partial charge in [0.15, 0.2) is 0 Å². The number of aromatic hydroxyl groups is 1. The number of phenols is 1. The van der Waals surface area contributed by atoms with Crippen LogP contribution in [0.3, 0.4) is 0 Å². The van der Waals surface area contributed by atoms with Crippen LogP contribution in [0.5, 0.6) is 5.75 Å². The van der Waals surface area contributed by atoms with Gasteiger partial charge in [-0.25, -0.2) is 4.79 Å². The summed E-state index contributed by atoms with van der Waals surface area (Å²) >= 11 is 0. The van der Waals surface area contributed by atoms with Crippen molar-refractivity contribution in [1.29, 1.82) is 0 Å². The largest absolute Gasteiger partial charge is 0.508 e. The lowest BCUT2D eigenvalue weighted by Crippen LogP contribution is -2.53. The molecule has 0 spiro atoms. The molecule has 3 unspecified atom stereocenters. The van der Waals surface area contributed by atoms with Gasteiger partial charge in [-0.2, -0.15) is 0 Å². The summed E-state index contributed by atoms with van der Waals surface area (Å²) in [6.45, 7) is 0.0273. The summed E-state index contributed by atoms with van der Waals surface area (Å²) in [7, 11) is 0. The van der Waals surface area contributed by atoms with Gasteiger partial charge < -0.3 is 31.5 Å². The maximum atomic E-state index is 12.9. The van der Waals surface area contributed by atoms with Crippen LogP contribution in [0.15, 0.2) is 54.6 Å². The Bertz CT molecular complexity index is 1040. The zero-order valence-electron chi connectivity index (χ0n) is 19.2. The number of nitrogens with zero attached hydrogens (tertiary/aromatic N) is 1. The van der Waals surface area contributed by atoms with Crippen LogP contribution in [0, 0.1) is 0 Å². The highest BCUT2D eigenvalue weighted by molar-refractivity contribution is 5.93. The molecule has 3 amide bonds. The molecule has 10 nitrogen and oxygen atoms in total. The van der Waals surface area contributed by atoms with Crippen LogP contribution in [-0.2, 0) is 32.0 Å². The van der Waals surface area contributed by atoms with Crippen molar-refractivity contribution < 1.29 is 29.4 Å². The lowest BCUT2D eigenvalue weighted by molar-refractivity contribution is -0.144. The molecule has 35 heavy (non-hydrogen) atoms. The maximum absolute atomic E-state index is 12.9. The zero-order valence-corrected chi connectivity index (χ0v) is 19.2. The molecule has 2 aromatic carbocycles. The van der Waals surface area contributed by atoms with Crippen molar-refractivity contribution in [3.63, 3.8) is 0 Å². The molecule has 1 aliphatic heterocycles. The highest BCUT2D eigenvalue weighted by atomic mass is 16.4. The van der Waals surface area contributed by atoms with Crippen LogP contribution in [0.25, 0.3) is 0 Å². The number of benzene rings is 2. The van der Waals surface area contributed by atoms with E-state index in [1.165, 1.54) is 17.0 Å². The van der Waals surface area contributed by atoms with E-state index >= 15 is 0 Å². The molecule has 1 heterocycles. The van der Waals surface area contributed by atoms with E-state index in [9.17, 15) is 29.4 Å². The van der Waals surface area contributed by atoms with Crippen molar-refractivity contribution >= 4 is 23.7 Å². The Labute approximate surface area is 203 Å². The summed E-state index contributed by atoms with van der Waals surface area (Å²) in [6.07, 6.45) is 1.33. The summed E-state index contributed by atoms with van der Waals surface area (Å²) in [5.41, 5.74) is 7.48. The molecule has 1 saturated heterocycles. The van der Waals surface area contributed by atoms with E-state index in [0.717, 1.165) is 5.56 Å². The molecular weight excluding hydrogens is 452 g/mol. The van der Waals surface area contributed by atoms with Gasteiger partial charge in [0.1, 0.15) is 17.8 Å². The first kappa shape index (κ1) is 25.7. The number of carboxylic acids is 1. The molecule has 0 bridgehead atoms. The summed E-state index contributed by atoms with van der Waals surface area (Å²) in [5, 5.41) is 24.0. The highest BCUT2D eigenvalue weighted by Crippen LogP contribution is 2.18. The topological polar surface area (TPSA) is 162 Å². The third-order valence-electron chi connectivity index (χ3n) is 5.92. The molecule has 1 aliphatic rings. The van der Waals surface area contributed by atoms with Crippen LogP contribution in [0.2, 0.25) is 0 Å². The van der Waals surface area contributed by atoms with Crippen molar-refractivity contribution in [2.24, 2.45) is 5.73 Å². The van der Waals surface area contributed by atoms with Crippen molar-refractivity contribution in [1.82, 2.24) is 15.5 Å². The Balaban J connectivity index is 1.53. The van der Waals surface area contributed by atoms with E-state index in [2.05, 4.69) is 10.6 Å². The van der Waals surface area contributed by atoms with Gasteiger partial charge in [-0.1, -0.05) is 42.5 Å². The van der Waals surface area contributed by atoms with E-state index in [1.54, 1.807) is 12.1 Å². The predicted octanol–water partition coefficient (Wildman–Crippen LogP) is 0.181. The number of hydrogen-bond donors (Lipinski definition) is 5. The lowest BCUT2D eigenvalue weighted by Gasteiger charge is -2.26. The van der Waals surface area contributed by atoms with E-state index in [1.807, 2.05) is 30.3 Å². The highest BCUT2D eigenvalue weighted by Gasteiger charge is 2.36. The normalized spacial score (nSPS) is 16.8. The molecule has 3 rings (SSSR count). The average molecular weight is 483 g/mol. The molecule has 0 saturated carbocycles. The lowest BCUT2D eigenvalue weighted by atomic mass is 10.0. The Hall–Kier alpha value is -3.92. The number of nitrogens with one attached hydrogen (secondary N) is 2. The van der Waals surface area contributed by atoms with E-state index in [-0.39, 0.29) is 18.7 Å². The van der Waals surface area contributed by atoms with Gasteiger partial charge in [0.25, 0.3) is 0 Å². The number of phenolic OH excluding ortho intramolecular Hbond substituents is 1. The van der Waals surface area contributed by atoms with Gasteiger partial charge in [-0.3, -0.25) is 14.4 Å². The Morgan fingerprint density at radius 1 is 1.00 bits per heavy atom. The number of carboxylic acid groups (broad SMARTS) is 1. The molecule has 1 fully saturated rings. The van der Waals surface area contributed by atoms with Crippen molar-refractivity contribution in [2.45, 2.75) is 43.8 Å². The maximum Gasteiger partial charge on any atom is 0.326 e. The monoisotopic (exact) mass is 482 g/mol. The van der Waals surface area contributed by atoms with Gasteiger partial charge in [0.05, 0.1) is 12.6 Å². The second-order valence-corrected chi connectivity index (χ2v) is 8.53. The Kier molecular flexibility index (Phi) is 8.80. The quantitative estimate of drug-likeness (QED) is 0.323. The van der Waals surface area contributed by atoms with E-state index in [4.69, 9.17) is 5.73 Å². The second-order valence-electron chi connectivity index (χ2n) is 8.53. The number of aliphatic carboxylic acids is 1. The first-order chi connectivity index (χ1) is 16.7. The van der Waals surface area contributed by atoms with Crippen molar-refractivity contribution in [2.75, 3.05) is 13.1 Å². The first-order valence-electron chi connectivity index (χ1n) is 11.4. The van der Waals surface area contributed by atoms with Gasteiger partial charge in [-0.05, 0) is 42.5 Å². The average Bonchev–Trinajstić information content (AvgIpc) is 3.34. The number of likely N-dealkylation sites (tertiary alicyclic amines) is 1. The minimum absolute atomic E-state index is 0.0252. The fraction of sp³-hybridized carbons (Fsp3) is 0.360. The number of nitrogens with two attached hydrogens (primary N) is 1. The molecular formula is C25H30N4O6. The SMILES string of the molecule is NC(Cc1ccccc1)C(=O)NCC(=O)N1CCCC1C(=O)NC(Cc1ccc(O)cc1)C(=O)O. The van der Waals surface area contributed by atoms with Crippen LogP contribution in [-0.4, -0.2) is 70.0 Å². The third kappa shape index (κ3) is 7.28. The standard InChI is InChI=1S/C25H30N4O6/c26-19(13-16-5-2-1-3-6-16)23(32)27-15-22(31)29-12-4-7-21(29)24(33)28-20(25(34)35)14-17-8-10-18(30)11-9-17/h1-3,5-6,8-11,19-21,30H,4,7,12-15,26H2,(H,27,32)(H,28,33)(H,34,35). The minimum Gasteiger partial charge on any atom is -0.508 e. The van der Waals surface area contributed by atoms with Crippen LogP contribution >= 0.6 is 0 Å². The minimum atomic E-state index is -1.21. The van der Waals surface area contributed by atoms with Gasteiger partial charge in [-0.15, -0.1) is 0 Å². The number of amides is 3. The summed E-state index contributed by atoms with van der Waals surface area (Å²) in [4.78, 5) is 51.0. The third-order valence-corrected chi connectivity index (χ3v) is 5.92. The van der Waals surface area contributed by atoms with E-state index in [0.29, 0.717) is 31.4 Å². The molecule has 2 aromatic rings. The van der Waals surface area contributed by atoms with Gasteiger partial charge in [0, 0.05) is 13.0 Å². The first-order valence-corrected chi connectivity index (χ1v) is 11.4. The molecule has 186 valence electrons. The fourth-order valence-corrected chi connectivity index (χ4v) is 4.03. The fourth-order valence-electron chi connectivity index (χ4n) is 4.03. The number of hydrogen-bond acceptors (Lipinski definition) is 6. The summed E-state index contributed by atoms with van der Waals surface area (Å²) < 4.78 is 0. The second kappa shape index (κ2) is 12.0. The summed E-state index contributed by atoms with van der Waals surface area (Å²) in [6, 6.07) is 12.5. The number of carbonyl (C=O) groups excluding carboxylic acids is 3.